The zero-order valence-corrected chi connectivity index (χ0v) is 13.9. The van der Waals surface area contributed by atoms with Crippen LogP contribution in [0.2, 0.25) is 5.02 Å². The van der Waals surface area contributed by atoms with Crippen molar-refractivity contribution >= 4 is 38.5 Å². The molecule has 0 bridgehead atoms. The van der Waals surface area contributed by atoms with Gasteiger partial charge in [0.05, 0.1) is 11.6 Å². The Bertz CT molecular complexity index is 577. The summed E-state index contributed by atoms with van der Waals surface area (Å²) in [5, 5.41) is 5.20. The molecule has 0 aliphatic heterocycles. The maximum absolute atomic E-state index is 6.22. The molecule has 0 atom stereocenters. The average Bonchev–Trinajstić information content (AvgIpc) is 2.73. The highest BCUT2D eigenvalue weighted by Crippen LogP contribution is 2.36. The van der Waals surface area contributed by atoms with Crippen LogP contribution in [0.5, 0.6) is 0 Å². The van der Waals surface area contributed by atoms with Crippen molar-refractivity contribution < 1.29 is 4.42 Å². The number of hydrogen-bond acceptors (Lipinski definition) is 2. The molecule has 4 heteroatoms. The summed E-state index contributed by atoms with van der Waals surface area (Å²) in [6.45, 7) is 8.26. The largest absolute Gasteiger partial charge is 0.458 e. The molecule has 0 saturated heterocycles. The molecule has 104 valence electrons. The lowest BCUT2D eigenvalue weighted by Crippen LogP contribution is -2.19. The number of halogens is 2. The highest BCUT2D eigenvalue weighted by atomic mass is 79.9. The van der Waals surface area contributed by atoms with Crippen LogP contribution >= 0.6 is 27.5 Å². The van der Waals surface area contributed by atoms with E-state index in [1.54, 1.807) is 0 Å². The Kier molecular flexibility index (Phi) is 4.93. The molecule has 1 aromatic carbocycles. The number of benzene rings is 1. The molecule has 0 aliphatic carbocycles. The van der Waals surface area contributed by atoms with Gasteiger partial charge in [0.2, 0.25) is 0 Å². The standard InChI is InChI=1S/C15H19BrClNO/c1-4-10-13(8-18-7-9(2)3)19-15-12(17)6-5-11(16)14(10)15/h5-6,9,18H,4,7-8H2,1-3H3. The molecule has 0 amide bonds. The monoisotopic (exact) mass is 343 g/mol. The number of furan rings is 1. The molecule has 19 heavy (non-hydrogen) atoms. The number of aryl methyl sites for hydroxylation is 1. The Balaban J connectivity index is 2.39. The molecular weight excluding hydrogens is 326 g/mol. The second kappa shape index (κ2) is 6.29. The van der Waals surface area contributed by atoms with Crippen LogP contribution in [-0.4, -0.2) is 6.54 Å². The third-order valence-electron chi connectivity index (χ3n) is 3.11. The first-order valence-corrected chi connectivity index (χ1v) is 7.80. The Hall–Kier alpha value is -0.510. The van der Waals surface area contributed by atoms with E-state index < -0.39 is 0 Å². The molecule has 0 spiro atoms. The van der Waals surface area contributed by atoms with E-state index in [1.165, 1.54) is 5.56 Å². The fraction of sp³-hybridized carbons (Fsp3) is 0.467. The molecule has 1 N–H and O–H groups in total. The van der Waals surface area contributed by atoms with Crippen LogP contribution in [-0.2, 0) is 13.0 Å². The van der Waals surface area contributed by atoms with Crippen molar-refractivity contribution in [3.05, 3.63) is 33.0 Å². The van der Waals surface area contributed by atoms with Crippen molar-refractivity contribution in [2.45, 2.75) is 33.7 Å². The van der Waals surface area contributed by atoms with Crippen LogP contribution in [0.25, 0.3) is 11.0 Å². The topological polar surface area (TPSA) is 25.2 Å². The van der Waals surface area contributed by atoms with Crippen molar-refractivity contribution in [3.63, 3.8) is 0 Å². The first kappa shape index (κ1) is 14.9. The number of nitrogens with one attached hydrogen (secondary N) is 1. The van der Waals surface area contributed by atoms with Crippen LogP contribution in [0.4, 0.5) is 0 Å². The van der Waals surface area contributed by atoms with Crippen LogP contribution in [0, 0.1) is 5.92 Å². The lowest BCUT2D eigenvalue weighted by molar-refractivity contribution is 0.481. The van der Waals surface area contributed by atoms with Gasteiger partial charge in [0.15, 0.2) is 5.58 Å². The zero-order chi connectivity index (χ0) is 14.0. The molecule has 0 aliphatic rings. The summed E-state index contributed by atoms with van der Waals surface area (Å²) in [6, 6.07) is 3.84. The van der Waals surface area contributed by atoms with Gasteiger partial charge in [-0.25, -0.2) is 0 Å². The van der Waals surface area contributed by atoms with Crippen LogP contribution in [0.15, 0.2) is 21.0 Å². The predicted molar refractivity (Wildman–Crippen MR) is 84.8 cm³/mol. The van der Waals surface area contributed by atoms with Gasteiger partial charge in [0.25, 0.3) is 0 Å². The van der Waals surface area contributed by atoms with Gasteiger partial charge in [0, 0.05) is 15.4 Å². The fourth-order valence-electron chi connectivity index (χ4n) is 2.23. The Morgan fingerprint density at radius 2 is 2.11 bits per heavy atom. The third kappa shape index (κ3) is 3.15. The van der Waals surface area contributed by atoms with Gasteiger partial charge in [0.1, 0.15) is 5.76 Å². The van der Waals surface area contributed by atoms with E-state index in [2.05, 4.69) is 42.0 Å². The Morgan fingerprint density at radius 1 is 1.37 bits per heavy atom. The molecule has 1 heterocycles. The normalized spacial score (nSPS) is 11.7. The molecule has 2 rings (SSSR count). The third-order valence-corrected chi connectivity index (χ3v) is 4.07. The van der Waals surface area contributed by atoms with Gasteiger partial charge in [-0.3, -0.25) is 0 Å². The number of rotatable bonds is 5. The first-order chi connectivity index (χ1) is 9.04. The summed E-state index contributed by atoms with van der Waals surface area (Å²) in [5.41, 5.74) is 2.02. The zero-order valence-electron chi connectivity index (χ0n) is 11.5. The summed E-state index contributed by atoms with van der Waals surface area (Å²) in [6.07, 6.45) is 0.935. The molecule has 0 fully saturated rings. The number of hydrogen-bond donors (Lipinski definition) is 1. The van der Waals surface area contributed by atoms with E-state index in [-0.39, 0.29) is 0 Å². The second-order valence-corrected chi connectivity index (χ2v) is 6.38. The average molecular weight is 345 g/mol. The molecule has 0 saturated carbocycles. The van der Waals surface area contributed by atoms with E-state index in [9.17, 15) is 0 Å². The van der Waals surface area contributed by atoms with Crippen LogP contribution in [0.1, 0.15) is 32.1 Å². The van der Waals surface area contributed by atoms with E-state index in [0.29, 0.717) is 10.9 Å². The van der Waals surface area contributed by atoms with Crippen molar-refractivity contribution in [1.29, 1.82) is 0 Å². The van der Waals surface area contributed by atoms with Crippen LogP contribution in [0.3, 0.4) is 0 Å². The summed E-state index contributed by atoms with van der Waals surface area (Å²) < 4.78 is 7.00. The fourth-order valence-corrected chi connectivity index (χ4v) is 2.98. The van der Waals surface area contributed by atoms with Crippen molar-refractivity contribution in [2.75, 3.05) is 6.54 Å². The molecule has 1 aromatic heterocycles. The van der Waals surface area contributed by atoms with E-state index in [4.69, 9.17) is 16.0 Å². The van der Waals surface area contributed by atoms with Gasteiger partial charge in [-0.2, -0.15) is 0 Å². The predicted octanol–water partition coefficient (Wildman–Crippen LogP) is 5.16. The summed E-state index contributed by atoms with van der Waals surface area (Å²) >= 11 is 9.81. The van der Waals surface area contributed by atoms with E-state index in [1.807, 2.05) is 12.1 Å². The van der Waals surface area contributed by atoms with Crippen LogP contribution < -0.4 is 5.32 Å². The molecular formula is C15H19BrClNO. The molecule has 2 nitrogen and oxygen atoms in total. The minimum absolute atomic E-state index is 0.629. The lowest BCUT2D eigenvalue weighted by Gasteiger charge is -2.06. The van der Waals surface area contributed by atoms with Gasteiger partial charge in [-0.05, 0) is 31.0 Å². The summed E-state index contributed by atoms with van der Waals surface area (Å²) in [7, 11) is 0. The highest BCUT2D eigenvalue weighted by molar-refractivity contribution is 9.10. The smallest absolute Gasteiger partial charge is 0.154 e. The summed E-state index contributed by atoms with van der Waals surface area (Å²) in [4.78, 5) is 0. The highest BCUT2D eigenvalue weighted by Gasteiger charge is 2.17. The van der Waals surface area contributed by atoms with Crippen molar-refractivity contribution in [2.24, 2.45) is 5.92 Å². The quantitative estimate of drug-likeness (QED) is 0.810. The maximum atomic E-state index is 6.22. The minimum atomic E-state index is 0.629. The summed E-state index contributed by atoms with van der Waals surface area (Å²) in [5.74, 6) is 1.62. The van der Waals surface area contributed by atoms with E-state index in [0.717, 1.165) is 40.7 Å². The van der Waals surface area contributed by atoms with Gasteiger partial charge >= 0.3 is 0 Å². The van der Waals surface area contributed by atoms with E-state index >= 15 is 0 Å². The Labute approximate surface area is 127 Å². The minimum Gasteiger partial charge on any atom is -0.458 e. The number of fused-ring (bicyclic) bond motifs is 1. The molecule has 0 unspecified atom stereocenters. The first-order valence-electron chi connectivity index (χ1n) is 6.63. The van der Waals surface area contributed by atoms with Crippen molar-refractivity contribution in [3.8, 4) is 0 Å². The van der Waals surface area contributed by atoms with Gasteiger partial charge < -0.3 is 9.73 Å². The maximum Gasteiger partial charge on any atom is 0.154 e. The van der Waals surface area contributed by atoms with Gasteiger partial charge in [-0.1, -0.05) is 48.3 Å². The second-order valence-electron chi connectivity index (χ2n) is 5.12. The SMILES string of the molecule is CCc1c(CNCC(C)C)oc2c(Cl)ccc(Br)c12. The molecule has 2 aromatic rings. The lowest BCUT2D eigenvalue weighted by atomic mass is 10.1. The van der Waals surface area contributed by atoms with Gasteiger partial charge in [-0.15, -0.1) is 0 Å². The molecule has 0 radical (unpaired) electrons. The Morgan fingerprint density at radius 3 is 2.74 bits per heavy atom. The van der Waals surface area contributed by atoms with Crippen molar-refractivity contribution in [1.82, 2.24) is 5.32 Å².